The van der Waals surface area contributed by atoms with Crippen LogP contribution in [0.2, 0.25) is 0 Å². The number of hydrogen-bond donors (Lipinski definition) is 1. The zero-order chi connectivity index (χ0) is 12.7. The first-order valence-corrected chi connectivity index (χ1v) is 6.69. The molecule has 0 aliphatic rings. The minimum absolute atomic E-state index is 0.166. The van der Waals surface area contributed by atoms with Crippen molar-refractivity contribution in [2.75, 3.05) is 6.54 Å². The molecule has 5 heteroatoms. The summed E-state index contributed by atoms with van der Waals surface area (Å²) in [5.41, 5.74) is 1.88. The first-order chi connectivity index (χ1) is 8.18. The third-order valence-electron chi connectivity index (χ3n) is 3.01. The van der Waals surface area contributed by atoms with Crippen LogP contribution in [0.25, 0.3) is 0 Å². The van der Waals surface area contributed by atoms with Crippen LogP contribution in [0.4, 0.5) is 0 Å². The first-order valence-electron chi connectivity index (χ1n) is 5.75. The van der Waals surface area contributed by atoms with Gasteiger partial charge in [-0.25, -0.2) is 4.98 Å². The summed E-state index contributed by atoms with van der Waals surface area (Å²) in [6.45, 7) is 4.27. The van der Waals surface area contributed by atoms with E-state index in [2.05, 4.69) is 16.4 Å². The standard InChI is InChI=1S/C12H17N3OS/c1-3-12(4-2,8-13)11(16)14-6-5-10-7-17-9-15-10/h7,9H,3-6H2,1-2H3,(H,14,16). The molecule has 1 N–H and O–H groups in total. The van der Waals surface area contributed by atoms with E-state index < -0.39 is 5.41 Å². The summed E-state index contributed by atoms with van der Waals surface area (Å²) in [6, 6.07) is 2.13. The molecule has 0 aliphatic carbocycles. The third kappa shape index (κ3) is 3.27. The second-order valence-electron chi connectivity index (χ2n) is 3.89. The van der Waals surface area contributed by atoms with E-state index in [-0.39, 0.29) is 5.91 Å². The highest BCUT2D eigenvalue weighted by Gasteiger charge is 2.34. The Balaban J connectivity index is 2.46. The number of nitrogens with zero attached hydrogens (tertiary/aromatic N) is 2. The van der Waals surface area contributed by atoms with Crippen LogP contribution in [0, 0.1) is 16.7 Å². The monoisotopic (exact) mass is 251 g/mol. The number of aromatic nitrogens is 1. The molecule has 0 spiro atoms. The Bertz CT molecular complexity index is 390. The van der Waals surface area contributed by atoms with Crippen molar-refractivity contribution in [3.05, 3.63) is 16.6 Å². The van der Waals surface area contributed by atoms with Crippen LogP contribution in [-0.2, 0) is 11.2 Å². The Morgan fingerprint density at radius 1 is 1.59 bits per heavy atom. The van der Waals surface area contributed by atoms with E-state index in [1.165, 1.54) is 0 Å². The first kappa shape index (κ1) is 13.7. The number of nitrogens with one attached hydrogen (secondary N) is 1. The second-order valence-corrected chi connectivity index (χ2v) is 4.61. The van der Waals surface area contributed by atoms with E-state index in [0.717, 1.165) is 5.69 Å². The Hall–Kier alpha value is -1.41. The molecule has 0 bridgehead atoms. The number of carbonyl (C=O) groups excluding carboxylic acids is 1. The SMILES string of the molecule is CCC(C#N)(CC)C(=O)NCCc1cscn1. The zero-order valence-electron chi connectivity index (χ0n) is 10.2. The van der Waals surface area contributed by atoms with Gasteiger partial charge in [-0.1, -0.05) is 13.8 Å². The van der Waals surface area contributed by atoms with Crippen molar-refractivity contribution in [3.8, 4) is 6.07 Å². The summed E-state index contributed by atoms with van der Waals surface area (Å²) in [5, 5.41) is 13.9. The molecule has 1 heterocycles. The van der Waals surface area contributed by atoms with Gasteiger partial charge in [0.25, 0.3) is 0 Å². The van der Waals surface area contributed by atoms with Crippen LogP contribution in [-0.4, -0.2) is 17.4 Å². The van der Waals surface area contributed by atoms with Crippen LogP contribution in [0.15, 0.2) is 10.9 Å². The lowest BCUT2D eigenvalue weighted by molar-refractivity contribution is -0.128. The number of thiazole rings is 1. The summed E-state index contributed by atoms with van der Waals surface area (Å²) >= 11 is 1.54. The van der Waals surface area contributed by atoms with E-state index in [9.17, 15) is 4.79 Å². The molecule has 92 valence electrons. The van der Waals surface area contributed by atoms with Gasteiger partial charge in [-0.05, 0) is 12.8 Å². The summed E-state index contributed by atoms with van der Waals surface area (Å²) in [6.07, 6.45) is 1.80. The van der Waals surface area contributed by atoms with Crippen LogP contribution < -0.4 is 5.32 Å². The predicted octanol–water partition coefficient (Wildman–Crippen LogP) is 2.13. The van der Waals surface area contributed by atoms with E-state index >= 15 is 0 Å². The predicted molar refractivity (Wildman–Crippen MR) is 67.5 cm³/mol. The van der Waals surface area contributed by atoms with Crippen LogP contribution in [0.1, 0.15) is 32.4 Å². The topological polar surface area (TPSA) is 65.8 Å². The fraction of sp³-hybridized carbons (Fsp3) is 0.583. The quantitative estimate of drug-likeness (QED) is 0.842. The van der Waals surface area contributed by atoms with Gasteiger partial charge < -0.3 is 5.32 Å². The van der Waals surface area contributed by atoms with Crippen molar-refractivity contribution in [1.82, 2.24) is 10.3 Å². The average molecular weight is 251 g/mol. The Labute approximate surface area is 106 Å². The summed E-state index contributed by atoms with van der Waals surface area (Å²) < 4.78 is 0. The number of nitriles is 1. The van der Waals surface area contributed by atoms with Gasteiger partial charge in [0.1, 0.15) is 5.41 Å². The number of rotatable bonds is 6. The fourth-order valence-electron chi connectivity index (χ4n) is 1.61. The van der Waals surface area contributed by atoms with Crippen molar-refractivity contribution in [2.24, 2.45) is 5.41 Å². The number of amides is 1. The van der Waals surface area contributed by atoms with Crippen molar-refractivity contribution in [2.45, 2.75) is 33.1 Å². The smallest absolute Gasteiger partial charge is 0.240 e. The van der Waals surface area contributed by atoms with E-state index in [1.54, 1.807) is 16.8 Å². The molecule has 0 aromatic carbocycles. The second kappa shape index (κ2) is 6.36. The lowest BCUT2D eigenvalue weighted by atomic mass is 9.83. The maximum atomic E-state index is 11.9. The van der Waals surface area contributed by atoms with Crippen molar-refractivity contribution < 1.29 is 4.79 Å². The van der Waals surface area contributed by atoms with E-state index in [0.29, 0.717) is 25.8 Å². The average Bonchev–Trinajstić information content (AvgIpc) is 2.85. The molecule has 0 saturated carbocycles. The summed E-state index contributed by atoms with van der Waals surface area (Å²) in [7, 11) is 0. The maximum Gasteiger partial charge on any atom is 0.240 e. The molecule has 1 rings (SSSR count). The molecule has 0 unspecified atom stereocenters. The van der Waals surface area contributed by atoms with E-state index in [4.69, 9.17) is 5.26 Å². The highest BCUT2D eigenvalue weighted by atomic mass is 32.1. The fourth-order valence-corrected chi connectivity index (χ4v) is 2.21. The van der Waals surface area contributed by atoms with Crippen molar-refractivity contribution in [3.63, 3.8) is 0 Å². The minimum Gasteiger partial charge on any atom is -0.354 e. The molecule has 1 aromatic rings. The lowest BCUT2D eigenvalue weighted by Gasteiger charge is -2.21. The summed E-state index contributed by atoms with van der Waals surface area (Å²) in [5.74, 6) is -0.166. The maximum absolute atomic E-state index is 11.9. The van der Waals surface area contributed by atoms with Crippen molar-refractivity contribution in [1.29, 1.82) is 5.26 Å². The molecule has 0 fully saturated rings. The van der Waals surface area contributed by atoms with Gasteiger partial charge in [-0.3, -0.25) is 4.79 Å². The molecular formula is C12H17N3OS. The van der Waals surface area contributed by atoms with Gasteiger partial charge in [0.2, 0.25) is 5.91 Å². The molecule has 1 aromatic heterocycles. The molecule has 0 aliphatic heterocycles. The van der Waals surface area contributed by atoms with Gasteiger partial charge in [0.05, 0.1) is 17.3 Å². The molecule has 4 nitrogen and oxygen atoms in total. The number of hydrogen-bond acceptors (Lipinski definition) is 4. The van der Waals surface area contributed by atoms with Crippen LogP contribution in [0.3, 0.4) is 0 Å². The lowest BCUT2D eigenvalue weighted by Crippen LogP contribution is -2.40. The van der Waals surface area contributed by atoms with Gasteiger partial charge >= 0.3 is 0 Å². The van der Waals surface area contributed by atoms with Crippen LogP contribution >= 0.6 is 11.3 Å². The highest BCUT2D eigenvalue weighted by Crippen LogP contribution is 2.25. The third-order valence-corrected chi connectivity index (χ3v) is 3.64. The summed E-state index contributed by atoms with van der Waals surface area (Å²) in [4.78, 5) is 16.1. The van der Waals surface area contributed by atoms with E-state index in [1.807, 2.05) is 19.2 Å². The molecule has 17 heavy (non-hydrogen) atoms. The van der Waals surface area contributed by atoms with Gasteiger partial charge in [-0.15, -0.1) is 11.3 Å². The highest BCUT2D eigenvalue weighted by molar-refractivity contribution is 7.07. The minimum atomic E-state index is -0.873. The molecule has 0 atom stereocenters. The van der Waals surface area contributed by atoms with Gasteiger partial charge in [0.15, 0.2) is 0 Å². The zero-order valence-corrected chi connectivity index (χ0v) is 11.0. The largest absolute Gasteiger partial charge is 0.354 e. The van der Waals surface area contributed by atoms with Crippen LogP contribution in [0.5, 0.6) is 0 Å². The van der Waals surface area contributed by atoms with Crippen molar-refractivity contribution >= 4 is 17.2 Å². The Kier molecular flexibility index (Phi) is 5.11. The molecule has 0 saturated heterocycles. The normalized spacial score (nSPS) is 10.9. The Morgan fingerprint density at radius 3 is 2.76 bits per heavy atom. The number of carbonyl (C=O) groups is 1. The van der Waals surface area contributed by atoms with Gasteiger partial charge in [-0.2, -0.15) is 5.26 Å². The van der Waals surface area contributed by atoms with Gasteiger partial charge in [0, 0.05) is 18.3 Å². The Morgan fingerprint density at radius 2 is 2.29 bits per heavy atom. The molecule has 1 amide bonds. The molecule has 0 radical (unpaired) electrons. The molecular weight excluding hydrogens is 234 g/mol.